The molecule has 0 atom stereocenters. The standard InChI is InChI=1S/C30H51N3O15/c1-2-38-7-8-40-11-12-42-15-16-44-19-20-46-23-24-48-26-25-47-22-21-45-18-17-43-14-13-41-10-9-39-6-5-31-29-4-3-28(32(34)35)27-30(29)33(36)37/h2-4,27,31H,1,5-26H2. The molecule has 0 unspecified atom stereocenters. The minimum atomic E-state index is -0.682. The molecular formula is C30H51N3O15. The number of ether oxygens (including phenoxy) is 11. The van der Waals surface area contributed by atoms with Gasteiger partial charge in [0.05, 0.1) is 154 Å². The van der Waals surface area contributed by atoms with Crippen LogP contribution in [0, 0.1) is 20.2 Å². The molecule has 0 radical (unpaired) electrons. The minimum absolute atomic E-state index is 0.185. The van der Waals surface area contributed by atoms with Crippen molar-refractivity contribution in [2.45, 2.75) is 0 Å². The number of nitrogens with zero attached hydrogens (tertiary/aromatic N) is 2. The van der Waals surface area contributed by atoms with Crippen molar-refractivity contribution in [3.8, 4) is 0 Å². The number of nitro groups is 2. The number of anilines is 1. The first-order valence-electron chi connectivity index (χ1n) is 15.7. The average molecular weight is 694 g/mol. The fourth-order valence-corrected chi connectivity index (χ4v) is 3.46. The average Bonchev–Trinajstić information content (AvgIpc) is 3.08. The minimum Gasteiger partial charge on any atom is -0.499 e. The maximum absolute atomic E-state index is 11.1. The van der Waals surface area contributed by atoms with Gasteiger partial charge in [0.2, 0.25) is 0 Å². The van der Waals surface area contributed by atoms with Crippen LogP contribution in [0.4, 0.5) is 17.1 Å². The summed E-state index contributed by atoms with van der Waals surface area (Å²) in [5.74, 6) is 0. The van der Waals surface area contributed by atoms with Crippen molar-refractivity contribution >= 4 is 17.1 Å². The smallest absolute Gasteiger partial charge is 0.299 e. The highest BCUT2D eigenvalue weighted by atomic mass is 16.6. The van der Waals surface area contributed by atoms with Gasteiger partial charge in [0, 0.05) is 12.6 Å². The van der Waals surface area contributed by atoms with Gasteiger partial charge in [-0.2, -0.15) is 0 Å². The summed E-state index contributed by atoms with van der Waals surface area (Å²) in [5.41, 5.74) is -0.528. The maximum atomic E-state index is 11.1. The quantitative estimate of drug-likeness (QED) is 0.0460. The lowest BCUT2D eigenvalue weighted by atomic mass is 10.2. The predicted molar refractivity (Wildman–Crippen MR) is 173 cm³/mol. The topological polar surface area (TPSA) is 200 Å². The summed E-state index contributed by atoms with van der Waals surface area (Å²) < 4.78 is 59.1. The molecule has 1 aromatic rings. The molecule has 0 fully saturated rings. The van der Waals surface area contributed by atoms with Crippen LogP contribution >= 0.6 is 0 Å². The van der Waals surface area contributed by atoms with E-state index in [9.17, 15) is 20.2 Å². The summed E-state index contributed by atoms with van der Waals surface area (Å²) >= 11 is 0. The first-order valence-corrected chi connectivity index (χ1v) is 15.7. The molecule has 18 nitrogen and oxygen atoms in total. The van der Waals surface area contributed by atoms with Crippen LogP contribution in [0.5, 0.6) is 0 Å². The molecule has 0 aliphatic rings. The summed E-state index contributed by atoms with van der Waals surface area (Å²) in [6.07, 6.45) is 1.38. The molecule has 1 rings (SSSR count). The van der Waals surface area contributed by atoms with E-state index in [0.717, 1.165) is 6.07 Å². The van der Waals surface area contributed by atoms with Gasteiger partial charge in [-0.25, -0.2) is 0 Å². The van der Waals surface area contributed by atoms with Crippen LogP contribution in [0.15, 0.2) is 31.0 Å². The second kappa shape index (κ2) is 32.5. The molecule has 276 valence electrons. The Morgan fingerprint density at radius 3 is 1.17 bits per heavy atom. The summed E-state index contributed by atoms with van der Waals surface area (Å²) in [6, 6.07) is 3.42. The van der Waals surface area contributed by atoms with Gasteiger partial charge in [-0.3, -0.25) is 20.2 Å². The van der Waals surface area contributed by atoms with Crippen molar-refractivity contribution in [3.05, 3.63) is 51.3 Å². The van der Waals surface area contributed by atoms with Gasteiger partial charge in [0.15, 0.2) is 0 Å². The van der Waals surface area contributed by atoms with E-state index in [1.165, 1.54) is 18.4 Å². The van der Waals surface area contributed by atoms with Crippen molar-refractivity contribution in [1.29, 1.82) is 0 Å². The van der Waals surface area contributed by atoms with E-state index in [1.807, 2.05) is 0 Å². The number of rotatable bonds is 37. The summed E-state index contributed by atoms with van der Waals surface area (Å²) in [4.78, 5) is 20.6. The Labute approximate surface area is 281 Å². The Morgan fingerprint density at radius 2 is 0.854 bits per heavy atom. The Balaban J connectivity index is 1.73. The second-order valence-electron chi connectivity index (χ2n) is 9.30. The lowest BCUT2D eigenvalue weighted by molar-refractivity contribution is -0.393. The van der Waals surface area contributed by atoms with Crippen LogP contribution in [0.1, 0.15) is 0 Å². The molecule has 0 aliphatic carbocycles. The van der Waals surface area contributed by atoms with E-state index < -0.39 is 9.85 Å². The third-order valence-corrected chi connectivity index (χ3v) is 5.76. The molecule has 1 N–H and O–H groups in total. The maximum Gasteiger partial charge on any atom is 0.299 e. The van der Waals surface area contributed by atoms with Crippen LogP contribution in [0.25, 0.3) is 0 Å². The molecular weight excluding hydrogens is 642 g/mol. The molecule has 1 aromatic carbocycles. The highest BCUT2D eigenvalue weighted by Gasteiger charge is 2.19. The second-order valence-corrected chi connectivity index (χ2v) is 9.30. The van der Waals surface area contributed by atoms with Crippen LogP contribution in [-0.4, -0.2) is 155 Å². The van der Waals surface area contributed by atoms with E-state index in [2.05, 4.69) is 11.9 Å². The zero-order chi connectivity index (χ0) is 34.8. The van der Waals surface area contributed by atoms with Crippen molar-refractivity contribution < 1.29 is 62.0 Å². The van der Waals surface area contributed by atoms with Gasteiger partial charge in [-0.1, -0.05) is 6.58 Å². The zero-order valence-electron chi connectivity index (χ0n) is 27.6. The number of nitro benzene ring substituents is 2. The molecule has 0 bridgehead atoms. The highest BCUT2D eigenvalue weighted by Crippen LogP contribution is 2.28. The van der Waals surface area contributed by atoms with E-state index in [0.29, 0.717) is 132 Å². The summed E-state index contributed by atoms with van der Waals surface area (Å²) in [6.45, 7) is 13.2. The third kappa shape index (κ3) is 26.0. The normalized spacial score (nSPS) is 11.1. The zero-order valence-corrected chi connectivity index (χ0v) is 27.6. The molecule has 0 saturated carbocycles. The van der Waals surface area contributed by atoms with Gasteiger partial charge in [-0.05, 0) is 6.07 Å². The number of hydrogen-bond donors (Lipinski definition) is 1. The van der Waals surface area contributed by atoms with Gasteiger partial charge in [0.1, 0.15) is 12.3 Å². The SMILES string of the molecule is C=COCCOCCOCCOCCOCCOCCOCCOCCOCCOCCOCCNc1ccc([N+](=O)[O-])cc1[N+](=O)[O-]. The van der Waals surface area contributed by atoms with Crippen molar-refractivity contribution in [2.75, 3.05) is 151 Å². The Morgan fingerprint density at radius 1 is 0.521 bits per heavy atom. The molecule has 0 heterocycles. The number of benzene rings is 1. The van der Waals surface area contributed by atoms with E-state index in [1.54, 1.807) is 0 Å². The van der Waals surface area contributed by atoms with Crippen LogP contribution in [-0.2, 0) is 52.1 Å². The van der Waals surface area contributed by atoms with Gasteiger partial charge in [0.25, 0.3) is 11.4 Å². The summed E-state index contributed by atoms with van der Waals surface area (Å²) in [7, 11) is 0. The molecule has 0 spiro atoms. The molecule has 0 saturated heterocycles. The van der Waals surface area contributed by atoms with E-state index in [4.69, 9.17) is 52.1 Å². The highest BCUT2D eigenvalue weighted by molar-refractivity contribution is 5.65. The number of nitrogens with one attached hydrogen (secondary N) is 1. The van der Waals surface area contributed by atoms with Crippen LogP contribution in [0.3, 0.4) is 0 Å². The van der Waals surface area contributed by atoms with Crippen LogP contribution < -0.4 is 5.32 Å². The van der Waals surface area contributed by atoms with E-state index in [-0.39, 0.29) is 30.2 Å². The molecule has 0 aromatic heterocycles. The first kappa shape index (κ1) is 43.0. The van der Waals surface area contributed by atoms with Gasteiger partial charge >= 0.3 is 0 Å². The molecule has 48 heavy (non-hydrogen) atoms. The van der Waals surface area contributed by atoms with Gasteiger partial charge in [-0.15, -0.1) is 0 Å². The number of hydrogen-bond acceptors (Lipinski definition) is 16. The molecule has 0 aliphatic heterocycles. The fourth-order valence-electron chi connectivity index (χ4n) is 3.46. The lowest BCUT2D eigenvalue weighted by Crippen LogP contribution is -2.16. The van der Waals surface area contributed by atoms with Crippen LogP contribution in [0.2, 0.25) is 0 Å². The Bertz CT molecular complexity index is 945. The summed E-state index contributed by atoms with van der Waals surface area (Å²) in [5, 5.41) is 24.8. The first-order chi connectivity index (χ1) is 23.6. The fraction of sp³-hybridized carbons (Fsp3) is 0.733. The molecule has 18 heteroatoms. The predicted octanol–water partition coefficient (Wildman–Crippen LogP) is 2.24. The van der Waals surface area contributed by atoms with E-state index >= 15 is 0 Å². The third-order valence-electron chi connectivity index (χ3n) is 5.76. The Kier molecular flexibility index (Phi) is 29.1. The molecule has 0 amide bonds. The van der Waals surface area contributed by atoms with Crippen molar-refractivity contribution in [2.24, 2.45) is 0 Å². The lowest BCUT2D eigenvalue weighted by Gasteiger charge is -2.09. The largest absolute Gasteiger partial charge is 0.499 e. The Hall–Kier alpha value is -3.04. The van der Waals surface area contributed by atoms with Crippen molar-refractivity contribution in [3.63, 3.8) is 0 Å². The number of non-ortho nitro benzene ring substituents is 1. The monoisotopic (exact) mass is 693 g/mol. The van der Waals surface area contributed by atoms with Crippen molar-refractivity contribution in [1.82, 2.24) is 0 Å². The van der Waals surface area contributed by atoms with Gasteiger partial charge < -0.3 is 57.4 Å².